The third-order valence-corrected chi connectivity index (χ3v) is 3.54. The molecule has 6 heteroatoms. The van der Waals surface area contributed by atoms with Gasteiger partial charge in [0.15, 0.2) is 9.84 Å². The maximum atomic E-state index is 11.5. The lowest BCUT2D eigenvalue weighted by Gasteiger charge is -2.21. The van der Waals surface area contributed by atoms with Gasteiger partial charge in [-0.2, -0.15) is 0 Å². The Morgan fingerprint density at radius 3 is 2.16 bits per heavy atom. The van der Waals surface area contributed by atoms with Crippen LogP contribution in [0.15, 0.2) is 24.3 Å². The highest BCUT2D eigenvalue weighted by Gasteiger charge is 2.17. The second-order valence-corrected chi connectivity index (χ2v) is 7.35. The fraction of sp³-hybridized carbons (Fsp3) is 0.462. The molecule has 1 N–H and O–H groups in total. The fourth-order valence-corrected chi connectivity index (χ4v) is 2.68. The van der Waals surface area contributed by atoms with Gasteiger partial charge in [0.1, 0.15) is 17.1 Å². The molecule has 0 aliphatic carbocycles. The van der Waals surface area contributed by atoms with Gasteiger partial charge in [-0.25, -0.2) is 8.42 Å². The number of rotatable bonds is 5. The van der Waals surface area contributed by atoms with Crippen molar-refractivity contribution >= 4 is 15.8 Å². The van der Waals surface area contributed by atoms with E-state index in [1.807, 2.05) is 20.8 Å². The normalized spacial score (nSPS) is 12.2. The molecule has 0 aromatic heterocycles. The molecule has 0 saturated heterocycles. The molecule has 0 amide bonds. The van der Waals surface area contributed by atoms with Crippen LogP contribution >= 0.6 is 0 Å². The molecule has 0 unspecified atom stereocenters. The Kier molecular flexibility index (Phi) is 4.57. The van der Waals surface area contributed by atoms with E-state index in [0.717, 1.165) is 0 Å². The van der Waals surface area contributed by atoms with Gasteiger partial charge in [0.2, 0.25) is 0 Å². The van der Waals surface area contributed by atoms with Crippen LogP contribution in [0.5, 0.6) is 5.75 Å². The molecule has 0 fully saturated rings. The minimum atomic E-state index is -3.62. The Hall–Kier alpha value is -1.56. The lowest BCUT2D eigenvalue weighted by Crippen LogP contribution is -2.22. The van der Waals surface area contributed by atoms with Gasteiger partial charge in [-0.1, -0.05) is 12.1 Å². The third-order valence-electron chi connectivity index (χ3n) is 2.08. The highest BCUT2D eigenvalue weighted by atomic mass is 32.2. The summed E-state index contributed by atoms with van der Waals surface area (Å²) in [6, 6.07) is 6.61. The van der Waals surface area contributed by atoms with Crippen molar-refractivity contribution in [1.82, 2.24) is 0 Å². The molecule has 0 spiro atoms. The lowest BCUT2D eigenvalue weighted by molar-refractivity contribution is -0.134. The quantitative estimate of drug-likeness (QED) is 0.893. The molecule has 5 nitrogen and oxygen atoms in total. The zero-order valence-electron chi connectivity index (χ0n) is 11.2. The van der Waals surface area contributed by atoms with Crippen LogP contribution in [0.25, 0.3) is 0 Å². The van der Waals surface area contributed by atoms with Crippen LogP contribution < -0.4 is 4.74 Å². The molecule has 0 saturated carbocycles. The highest BCUT2D eigenvalue weighted by Crippen LogP contribution is 2.19. The zero-order valence-corrected chi connectivity index (χ0v) is 12.0. The number of aliphatic carboxylic acids is 1. The third kappa shape index (κ3) is 6.24. The fourth-order valence-electron chi connectivity index (χ4n) is 1.50. The molecule has 0 bridgehead atoms. The number of benzene rings is 1. The summed E-state index contributed by atoms with van der Waals surface area (Å²) in [4.78, 5) is 10.4. The van der Waals surface area contributed by atoms with E-state index in [1.54, 1.807) is 24.3 Å². The van der Waals surface area contributed by atoms with E-state index in [2.05, 4.69) is 0 Å². The SMILES string of the molecule is CC(C)(C)Oc1ccc(CS(=O)(=O)CC(=O)O)cc1. The number of carboxylic acid groups (broad SMARTS) is 1. The first-order valence-electron chi connectivity index (χ1n) is 5.78. The maximum absolute atomic E-state index is 11.5. The van der Waals surface area contributed by atoms with Crippen LogP contribution in [0.2, 0.25) is 0 Å². The van der Waals surface area contributed by atoms with E-state index in [-0.39, 0.29) is 11.4 Å². The van der Waals surface area contributed by atoms with Crippen LogP contribution in [0.1, 0.15) is 26.3 Å². The predicted molar refractivity (Wildman–Crippen MR) is 71.9 cm³/mol. The van der Waals surface area contributed by atoms with Crippen molar-refractivity contribution in [2.45, 2.75) is 32.1 Å². The number of carboxylic acids is 1. The number of sulfone groups is 1. The second-order valence-electron chi connectivity index (χ2n) is 5.28. The zero-order chi connectivity index (χ0) is 14.7. The summed E-state index contributed by atoms with van der Waals surface area (Å²) in [6.07, 6.45) is 0. The van der Waals surface area contributed by atoms with Gasteiger partial charge in [0.25, 0.3) is 0 Å². The largest absolute Gasteiger partial charge is 0.488 e. The predicted octanol–water partition coefficient (Wildman–Crippen LogP) is 1.86. The first kappa shape index (κ1) is 15.5. The van der Waals surface area contributed by atoms with E-state index < -0.39 is 21.6 Å². The number of ether oxygens (including phenoxy) is 1. The Bertz CT molecular complexity index is 537. The molecule has 106 valence electrons. The molecule has 19 heavy (non-hydrogen) atoms. The topological polar surface area (TPSA) is 80.7 Å². The van der Waals surface area contributed by atoms with E-state index in [0.29, 0.717) is 11.3 Å². The van der Waals surface area contributed by atoms with Gasteiger partial charge < -0.3 is 9.84 Å². The van der Waals surface area contributed by atoms with Gasteiger partial charge in [-0.3, -0.25) is 4.79 Å². The first-order chi connectivity index (χ1) is 8.57. The summed E-state index contributed by atoms with van der Waals surface area (Å²) in [6.45, 7) is 5.74. The highest BCUT2D eigenvalue weighted by molar-refractivity contribution is 7.91. The van der Waals surface area contributed by atoms with Crippen molar-refractivity contribution in [3.63, 3.8) is 0 Å². The van der Waals surface area contributed by atoms with Gasteiger partial charge in [0, 0.05) is 0 Å². The molecule has 0 aliphatic rings. The van der Waals surface area contributed by atoms with E-state index in [4.69, 9.17) is 9.84 Å². The Balaban J connectivity index is 2.75. The summed E-state index contributed by atoms with van der Waals surface area (Å²) in [5, 5.41) is 8.50. The Morgan fingerprint density at radius 1 is 1.21 bits per heavy atom. The van der Waals surface area contributed by atoms with Crippen molar-refractivity contribution in [2.24, 2.45) is 0 Å². The smallest absolute Gasteiger partial charge is 0.318 e. The summed E-state index contributed by atoms with van der Waals surface area (Å²) in [7, 11) is -3.62. The maximum Gasteiger partial charge on any atom is 0.318 e. The number of carbonyl (C=O) groups is 1. The van der Waals surface area contributed by atoms with E-state index in [9.17, 15) is 13.2 Å². The van der Waals surface area contributed by atoms with Crippen LogP contribution in [0, 0.1) is 0 Å². The summed E-state index contributed by atoms with van der Waals surface area (Å²) >= 11 is 0. The average molecular weight is 286 g/mol. The molecule has 1 aromatic carbocycles. The second kappa shape index (κ2) is 5.61. The summed E-state index contributed by atoms with van der Waals surface area (Å²) in [5.74, 6) is -1.83. The van der Waals surface area contributed by atoms with Gasteiger partial charge in [0.05, 0.1) is 5.75 Å². The van der Waals surface area contributed by atoms with Crippen LogP contribution in [-0.2, 0) is 20.4 Å². The van der Waals surface area contributed by atoms with Gasteiger partial charge in [-0.05, 0) is 38.5 Å². The van der Waals surface area contributed by atoms with Crippen molar-refractivity contribution in [3.05, 3.63) is 29.8 Å². The molecular formula is C13H18O5S. The average Bonchev–Trinajstić information content (AvgIpc) is 2.16. The minimum Gasteiger partial charge on any atom is -0.488 e. The molecule has 1 rings (SSSR count). The molecule has 1 aromatic rings. The summed E-state index contributed by atoms with van der Waals surface area (Å²) in [5.41, 5.74) is 0.221. The van der Waals surface area contributed by atoms with Crippen molar-refractivity contribution in [3.8, 4) is 5.75 Å². The summed E-state index contributed by atoms with van der Waals surface area (Å²) < 4.78 is 28.6. The first-order valence-corrected chi connectivity index (χ1v) is 7.60. The molecule has 0 heterocycles. The molecule has 0 radical (unpaired) electrons. The number of hydrogen-bond donors (Lipinski definition) is 1. The molecular weight excluding hydrogens is 268 g/mol. The van der Waals surface area contributed by atoms with Crippen molar-refractivity contribution in [1.29, 1.82) is 0 Å². The van der Waals surface area contributed by atoms with Gasteiger partial charge >= 0.3 is 5.97 Å². The minimum absolute atomic E-state index is 0.283. The van der Waals surface area contributed by atoms with Crippen LogP contribution in [-0.4, -0.2) is 30.8 Å². The van der Waals surface area contributed by atoms with Crippen LogP contribution in [0.4, 0.5) is 0 Å². The van der Waals surface area contributed by atoms with E-state index in [1.165, 1.54) is 0 Å². The molecule has 0 atom stereocenters. The van der Waals surface area contributed by atoms with E-state index >= 15 is 0 Å². The van der Waals surface area contributed by atoms with Gasteiger partial charge in [-0.15, -0.1) is 0 Å². The Morgan fingerprint density at radius 2 is 1.74 bits per heavy atom. The van der Waals surface area contributed by atoms with Crippen molar-refractivity contribution in [2.75, 3.05) is 5.75 Å². The van der Waals surface area contributed by atoms with Crippen molar-refractivity contribution < 1.29 is 23.1 Å². The number of hydrogen-bond acceptors (Lipinski definition) is 4. The standard InChI is InChI=1S/C13H18O5S/c1-13(2,3)18-11-6-4-10(5-7-11)8-19(16,17)9-12(14)15/h4-7H,8-9H2,1-3H3,(H,14,15). The monoisotopic (exact) mass is 286 g/mol. The molecule has 0 aliphatic heterocycles. The Labute approximate surface area is 113 Å². The lowest BCUT2D eigenvalue weighted by atomic mass is 10.2. The van der Waals surface area contributed by atoms with Crippen LogP contribution in [0.3, 0.4) is 0 Å².